The van der Waals surface area contributed by atoms with Gasteiger partial charge in [-0.2, -0.15) is 0 Å². The van der Waals surface area contributed by atoms with Crippen LogP contribution in [0.25, 0.3) is 0 Å². The van der Waals surface area contributed by atoms with Gasteiger partial charge in [-0.05, 0) is 29.3 Å². The second-order valence-corrected chi connectivity index (χ2v) is 8.60. The van der Waals surface area contributed by atoms with Crippen molar-refractivity contribution >= 4 is 35.6 Å². The standard InChI is InChI=1S/C15H20N3O6S.C6H4/c1-8(2)13(15(22)24-4)16-7-10(17(23)9(3)19)14(16)25-18-11(20)5-6-12(18)21;1-2-6-4-3-5(1)6/h10,13-14H,1,5-7H2,2-4H3;1-4H/q+1;. The number of esters is 1. The summed E-state index contributed by atoms with van der Waals surface area (Å²) in [5.41, 5.74) is 0.496. The van der Waals surface area contributed by atoms with Crippen molar-refractivity contribution in [3.8, 4) is 0 Å². The summed E-state index contributed by atoms with van der Waals surface area (Å²) in [6.07, 6.45) is 0.218. The number of benzene rings is 1. The Labute approximate surface area is 183 Å². The van der Waals surface area contributed by atoms with Crippen molar-refractivity contribution in [2.75, 3.05) is 13.7 Å². The molecule has 9 nitrogen and oxygen atoms in total. The maximum absolute atomic E-state index is 12.1. The quantitative estimate of drug-likeness (QED) is 0.216. The van der Waals surface area contributed by atoms with Crippen molar-refractivity contribution in [3.63, 3.8) is 0 Å². The molecule has 0 N–H and O–H groups in total. The van der Waals surface area contributed by atoms with Crippen molar-refractivity contribution in [1.29, 1.82) is 0 Å². The highest BCUT2D eigenvalue weighted by Gasteiger charge is 2.57. The Morgan fingerprint density at radius 2 is 1.65 bits per heavy atom. The fourth-order valence-electron chi connectivity index (χ4n) is 3.48. The molecule has 3 amide bonds. The Kier molecular flexibility index (Phi) is 6.71. The number of likely N-dealkylation sites (tertiary alicyclic amines) is 1. The van der Waals surface area contributed by atoms with Gasteiger partial charge in [-0.25, -0.2) is 9.10 Å². The summed E-state index contributed by atoms with van der Waals surface area (Å²) in [5, 5.41) is 2.12. The summed E-state index contributed by atoms with van der Waals surface area (Å²) in [4.78, 5) is 60.9. The topological polar surface area (TPSA) is 104 Å². The molecule has 0 saturated carbocycles. The van der Waals surface area contributed by atoms with Crippen LogP contribution >= 0.6 is 11.9 Å². The summed E-state index contributed by atoms with van der Waals surface area (Å²) in [7, 11) is 1.24. The first-order valence-corrected chi connectivity index (χ1v) is 10.6. The molecule has 4 aliphatic rings. The molecule has 31 heavy (non-hydrogen) atoms. The van der Waals surface area contributed by atoms with E-state index in [1.54, 1.807) is 11.8 Å². The molecule has 0 aromatic rings. The molecule has 0 spiro atoms. The zero-order chi connectivity index (χ0) is 22.9. The number of nitrogens with zero attached hydrogens (tertiary/aromatic N) is 3. The molecule has 0 bridgehead atoms. The first-order chi connectivity index (χ1) is 14.6. The van der Waals surface area contributed by atoms with E-state index < -0.39 is 29.3 Å². The monoisotopic (exact) mass is 446 g/mol. The van der Waals surface area contributed by atoms with Crippen LogP contribution in [0.4, 0.5) is 0 Å². The van der Waals surface area contributed by atoms with E-state index in [-0.39, 0.29) is 31.2 Å². The fourth-order valence-corrected chi connectivity index (χ4v) is 4.78. The van der Waals surface area contributed by atoms with Crippen LogP contribution in [0.2, 0.25) is 0 Å². The van der Waals surface area contributed by atoms with E-state index in [1.165, 1.54) is 17.5 Å². The van der Waals surface area contributed by atoms with Gasteiger partial charge in [-0.1, -0.05) is 36.4 Å². The summed E-state index contributed by atoms with van der Waals surface area (Å²) in [6.45, 7) is 6.67. The summed E-state index contributed by atoms with van der Waals surface area (Å²) in [6, 6.07) is 6.87. The number of carbonyl (C=O) groups is 4. The number of rotatable bonds is 6. The maximum Gasteiger partial charge on any atom is 0.430 e. The Hall–Kier alpha value is -2.85. The van der Waals surface area contributed by atoms with Crippen LogP contribution in [-0.4, -0.2) is 68.8 Å². The molecule has 0 radical (unpaired) electrons. The van der Waals surface area contributed by atoms with E-state index >= 15 is 0 Å². The van der Waals surface area contributed by atoms with Crippen LogP contribution < -0.4 is 0 Å². The molecule has 10 heteroatoms. The number of nitroso groups, excluding NO2 is 1. The summed E-state index contributed by atoms with van der Waals surface area (Å²) in [5.74, 6) is -1.95. The van der Waals surface area contributed by atoms with E-state index in [1.807, 2.05) is 0 Å². The molecule has 2 heterocycles. The van der Waals surface area contributed by atoms with Gasteiger partial charge in [0.15, 0.2) is 0 Å². The van der Waals surface area contributed by atoms with E-state index in [9.17, 15) is 24.1 Å². The van der Waals surface area contributed by atoms with Gasteiger partial charge >= 0.3 is 11.9 Å². The van der Waals surface area contributed by atoms with E-state index in [4.69, 9.17) is 4.74 Å². The molecule has 0 aromatic heterocycles. The number of hydrogen-bond acceptors (Lipinski definition) is 8. The highest BCUT2D eigenvalue weighted by atomic mass is 32.2. The van der Waals surface area contributed by atoms with Gasteiger partial charge in [0, 0.05) is 17.7 Å². The SMILES string of the molecule is C=C(C)C(C(=O)OC)N1CC([N+](=O)C(C)=O)C1SN1C(=O)CCC1=O.c1cc2ccc1=2. The average molecular weight is 447 g/mol. The minimum atomic E-state index is -0.827. The molecule has 3 atom stereocenters. The van der Waals surface area contributed by atoms with Gasteiger partial charge in [0.05, 0.1) is 25.3 Å². The zero-order valence-corrected chi connectivity index (χ0v) is 18.4. The van der Waals surface area contributed by atoms with Crippen molar-refractivity contribution in [2.45, 2.75) is 44.1 Å². The van der Waals surface area contributed by atoms with E-state index in [2.05, 4.69) is 30.8 Å². The van der Waals surface area contributed by atoms with Crippen LogP contribution in [0.1, 0.15) is 26.7 Å². The predicted octanol–water partition coefficient (Wildman–Crippen LogP) is 1.52. The third-order valence-corrected chi connectivity index (χ3v) is 6.74. The van der Waals surface area contributed by atoms with Crippen molar-refractivity contribution in [3.05, 3.63) is 51.8 Å². The first-order valence-electron chi connectivity index (χ1n) is 9.74. The Morgan fingerprint density at radius 3 is 2.00 bits per heavy atom. The van der Waals surface area contributed by atoms with Crippen LogP contribution in [-0.2, 0) is 23.9 Å². The lowest BCUT2D eigenvalue weighted by Gasteiger charge is -2.45. The van der Waals surface area contributed by atoms with Gasteiger partial charge in [0.25, 0.3) is 6.04 Å². The fraction of sp³-hybridized carbons (Fsp3) is 0.429. The number of hydrogen-bond donors (Lipinski definition) is 0. The smallest absolute Gasteiger partial charge is 0.430 e. The van der Waals surface area contributed by atoms with E-state index in [0.29, 0.717) is 10.3 Å². The summed E-state index contributed by atoms with van der Waals surface area (Å²) < 4.78 is 6.09. The summed E-state index contributed by atoms with van der Waals surface area (Å²) >= 11 is 0.863. The molecular weight excluding hydrogens is 422 g/mol. The zero-order valence-electron chi connectivity index (χ0n) is 17.6. The molecule has 2 aliphatic carbocycles. The molecule has 164 valence electrons. The minimum absolute atomic E-state index is 0.109. The van der Waals surface area contributed by atoms with Crippen molar-refractivity contribution in [1.82, 2.24) is 9.21 Å². The molecule has 3 unspecified atom stereocenters. The van der Waals surface area contributed by atoms with Gasteiger partial charge < -0.3 is 4.74 Å². The van der Waals surface area contributed by atoms with Crippen LogP contribution in [0.3, 0.4) is 0 Å². The lowest BCUT2D eigenvalue weighted by atomic mass is 10.0. The lowest BCUT2D eigenvalue weighted by molar-refractivity contribution is -0.527. The number of imide groups is 1. The van der Waals surface area contributed by atoms with Gasteiger partial charge in [0.1, 0.15) is 11.4 Å². The maximum atomic E-state index is 12.1. The number of methoxy groups -OCH3 is 1. The lowest BCUT2D eigenvalue weighted by Crippen LogP contribution is -2.68. The Bertz CT molecular complexity index is 1000. The first kappa shape index (κ1) is 22.8. The number of carbonyl (C=O) groups excluding carboxylic acids is 4. The normalized spacial score (nSPS) is 22.1. The largest absolute Gasteiger partial charge is 0.468 e. The van der Waals surface area contributed by atoms with Gasteiger partial charge in [-0.15, -0.1) is 0 Å². The van der Waals surface area contributed by atoms with Crippen LogP contribution in [0.5, 0.6) is 0 Å². The van der Waals surface area contributed by atoms with E-state index in [0.717, 1.165) is 23.2 Å². The second kappa shape index (κ2) is 9.11. The van der Waals surface area contributed by atoms with Gasteiger partial charge in [0.2, 0.25) is 11.8 Å². The molecule has 4 rings (SSSR count). The third-order valence-electron chi connectivity index (χ3n) is 5.33. The second-order valence-electron chi connectivity index (χ2n) is 7.54. The third kappa shape index (κ3) is 4.45. The molecule has 2 aliphatic heterocycles. The van der Waals surface area contributed by atoms with Crippen LogP contribution in [0, 0.1) is 15.3 Å². The van der Waals surface area contributed by atoms with Crippen LogP contribution in [0.15, 0.2) is 36.4 Å². The Morgan fingerprint density at radius 1 is 1.13 bits per heavy atom. The Balaban J connectivity index is 0.000000381. The number of ether oxygens (including phenoxy) is 1. The highest BCUT2D eigenvalue weighted by molar-refractivity contribution is 7.98. The average Bonchev–Trinajstić information content (AvgIpc) is 3.02. The molecular formula is C21H24N3O6S+. The predicted molar refractivity (Wildman–Crippen MR) is 112 cm³/mol. The number of amides is 3. The molecule has 2 saturated heterocycles. The molecule has 2 fully saturated rings. The molecule has 0 aromatic carbocycles. The minimum Gasteiger partial charge on any atom is -0.468 e. The van der Waals surface area contributed by atoms with Gasteiger partial charge in [-0.3, -0.25) is 19.3 Å². The van der Waals surface area contributed by atoms with Crippen molar-refractivity contribution < 1.29 is 28.7 Å². The van der Waals surface area contributed by atoms with Crippen molar-refractivity contribution in [2.24, 2.45) is 0 Å². The highest BCUT2D eigenvalue weighted by Crippen LogP contribution is 2.38.